The summed E-state index contributed by atoms with van der Waals surface area (Å²) in [5.74, 6) is 1.83. The predicted octanol–water partition coefficient (Wildman–Crippen LogP) is 4.62. The summed E-state index contributed by atoms with van der Waals surface area (Å²) in [4.78, 5) is 0. The summed E-state index contributed by atoms with van der Waals surface area (Å²) in [5, 5.41) is 0. The van der Waals surface area contributed by atoms with Crippen molar-refractivity contribution in [3.05, 3.63) is 57.6 Å². The van der Waals surface area contributed by atoms with E-state index in [9.17, 15) is 0 Å². The molecule has 0 amide bonds. The maximum absolute atomic E-state index is 6.11. The summed E-state index contributed by atoms with van der Waals surface area (Å²) >= 11 is 3.50. The molecular weight excluding hydrogens is 326 g/mol. The monoisotopic (exact) mass is 345 g/mol. The third kappa shape index (κ3) is 3.47. The number of aryl methyl sites for hydroxylation is 2. The van der Waals surface area contributed by atoms with Crippen LogP contribution < -0.4 is 10.5 Å². The first kappa shape index (κ1) is 14.6. The van der Waals surface area contributed by atoms with Gasteiger partial charge in [-0.2, -0.15) is 0 Å². The predicted molar refractivity (Wildman–Crippen MR) is 90.1 cm³/mol. The molecule has 21 heavy (non-hydrogen) atoms. The van der Waals surface area contributed by atoms with E-state index >= 15 is 0 Å². The molecule has 1 aliphatic rings. The van der Waals surface area contributed by atoms with E-state index in [1.807, 2.05) is 12.1 Å². The number of fused-ring (bicyclic) bond motifs is 1. The van der Waals surface area contributed by atoms with Crippen molar-refractivity contribution >= 4 is 15.9 Å². The largest absolute Gasteiger partial charge is 0.457 e. The summed E-state index contributed by atoms with van der Waals surface area (Å²) in [5.41, 5.74) is 9.76. The van der Waals surface area contributed by atoms with Crippen molar-refractivity contribution in [3.63, 3.8) is 0 Å². The second kappa shape index (κ2) is 6.63. The van der Waals surface area contributed by atoms with E-state index in [4.69, 9.17) is 10.5 Å². The normalized spacial score (nSPS) is 13.8. The van der Waals surface area contributed by atoms with Crippen LogP contribution in [0.3, 0.4) is 0 Å². The molecular formula is C18H20BrNO. The topological polar surface area (TPSA) is 35.2 Å². The minimum Gasteiger partial charge on any atom is -0.457 e. The van der Waals surface area contributed by atoms with E-state index in [2.05, 4.69) is 40.2 Å². The number of nitrogens with two attached hydrogens (primary N) is 1. The Labute approximate surface area is 134 Å². The third-order valence-electron chi connectivity index (χ3n) is 3.98. The van der Waals surface area contributed by atoms with Crippen LogP contribution in [0.15, 0.2) is 40.9 Å². The molecule has 0 heterocycles. The van der Waals surface area contributed by atoms with E-state index in [1.54, 1.807) is 0 Å². The zero-order chi connectivity index (χ0) is 14.7. The van der Waals surface area contributed by atoms with Gasteiger partial charge in [0.1, 0.15) is 11.5 Å². The van der Waals surface area contributed by atoms with Gasteiger partial charge in [-0.05, 0) is 85.7 Å². The highest BCUT2D eigenvalue weighted by atomic mass is 79.9. The van der Waals surface area contributed by atoms with Gasteiger partial charge >= 0.3 is 0 Å². The van der Waals surface area contributed by atoms with E-state index < -0.39 is 0 Å². The fraction of sp³-hybridized carbons (Fsp3) is 0.333. The van der Waals surface area contributed by atoms with Crippen LogP contribution in [0.4, 0.5) is 0 Å². The van der Waals surface area contributed by atoms with Gasteiger partial charge in [-0.1, -0.05) is 22.0 Å². The molecule has 2 N–H and O–H groups in total. The molecule has 0 atom stereocenters. The summed E-state index contributed by atoms with van der Waals surface area (Å²) in [6, 6.07) is 12.6. The fourth-order valence-electron chi connectivity index (χ4n) is 2.90. The number of halogens is 1. The average molecular weight is 346 g/mol. The van der Waals surface area contributed by atoms with Crippen molar-refractivity contribution in [2.45, 2.75) is 32.1 Å². The molecule has 0 spiro atoms. The number of rotatable bonds is 4. The Hall–Kier alpha value is -1.32. The van der Waals surface area contributed by atoms with Crippen LogP contribution >= 0.6 is 15.9 Å². The van der Waals surface area contributed by atoms with Gasteiger partial charge in [0.2, 0.25) is 0 Å². The van der Waals surface area contributed by atoms with Crippen molar-refractivity contribution in [3.8, 4) is 11.5 Å². The van der Waals surface area contributed by atoms with Crippen LogP contribution in [-0.2, 0) is 19.3 Å². The second-order valence-electron chi connectivity index (χ2n) is 5.53. The van der Waals surface area contributed by atoms with Crippen molar-refractivity contribution < 1.29 is 4.74 Å². The SMILES string of the molecule is NCCc1cc(Br)ccc1Oc1ccc2c(c1)CCCC2. The summed E-state index contributed by atoms with van der Waals surface area (Å²) in [6.45, 7) is 0.622. The van der Waals surface area contributed by atoms with Crippen LogP contribution in [0.1, 0.15) is 29.5 Å². The van der Waals surface area contributed by atoms with Crippen molar-refractivity contribution in [2.24, 2.45) is 5.73 Å². The molecule has 3 heteroatoms. The smallest absolute Gasteiger partial charge is 0.130 e. The van der Waals surface area contributed by atoms with Gasteiger partial charge in [-0.25, -0.2) is 0 Å². The van der Waals surface area contributed by atoms with Gasteiger partial charge < -0.3 is 10.5 Å². The van der Waals surface area contributed by atoms with E-state index in [-0.39, 0.29) is 0 Å². The fourth-order valence-corrected chi connectivity index (χ4v) is 3.31. The Balaban J connectivity index is 1.86. The van der Waals surface area contributed by atoms with Crippen LogP contribution in [0, 0.1) is 0 Å². The Morgan fingerprint density at radius 3 is 2.62 bits per heavy atom. The quantitative estimate of drug-likeness (QED) is 0.877. The van der Waals surface area contributed by atoms with E-state index in [0.29, 0.717) is 6.54 Å². The van der Waals surface area contributed by atoms with Gasteiger partial charge in [0.05, 0.1) is 0 Å². The Bertz CT molecular complexity index is 639. The minimum atomic E-state index is 0.622. The average Bonchev–Trinajstić information content (AvgIpc) is 2.50. The Kier molecular flexibility index (Phi) is 4.61. The summed E-state index contributed by atoms with van der Waals surface area (Å²) in [6.07, 6.45) is 5.78. The molecule has 0 aromatic heterocycles. The molecule has 0 radical (unpaired) electrons. The molecule has 2 aromatic rings. The maximum atomic E-state index is 6.11. The number of hydrogen-bond acceptors (Lipinski definition) is 2. The number of ether oxygens (including phenoxy) is 1. The van der Waals surface area contributed by atoms with Crippen molar-refractivity contribution in [1.29, 1.82) is 0 Å². The molecule has 0 unspecified atom stereocenters. The zero-order valence-electron chi connectivity index (χ0n) is 12.1. The minimum absolute atomic E-state index is 0.622. The molecule has 3 rings (SSSR count). The highest BCUT2D eigenvalue weighted by Crippen LogP contribution is 2.31. The summed E-state index contributed by atoms with van der Waals surface area (Å²) in [7, 11) is 0. The highest BCUT2D eigenvalue weighted by Gasteiger charge is 2.11. The van der Waals surface area contributed by atoms with E-state index in [0.717, 1.165) is 28.0 Å². The molecule has 0 bridgehead atoms. The Morgan fingerprint density at radius 1 is 1.00 bits per heavy atom. The van der Waals surface area contributed by atoms with Gasteiger partial charge in [0, 0.05) is 4.47 Å². The van der Waals surface area contributed by atoms with Crippen molar-refractivity contribution in [2.75, 3.05) is 6.54 Å². The van der Waals surface area contributed by atoms with Crippen LogP contribution in [0.5, 0.6) is 11.5 Å². The van der Waals surface area contributed by atoms with Crippen LogP contribution in [0.25, 0.3) is 0 Å². The zero-order valence-corrected chi connectivity index (χ0v) is 13.7. The second-order valence-corrected chi connectivity index (χ2v) is 6.45. The lowest BCUT2D eigenvalue weighted by Crippen LogP contribution is -2.05. The molecule has 0 aliphatic heterocycles. The lowest BCUT2D eigenvalue weighted by Gasteiger charge is -2.17. The lowest BCUT2D eigenvalue weighted by molar-refractivity contribution is 0.474. The maximum Gasteiger partial charge on any atom is 0.130 e. The van der Waals surface area contributed by atoms with Crippen LogP contribution in [0.2, 0.25) is 0 Å². The van der Waals surface area contributed by atoms with Crippen molar-refractivity contribution in [1.82, 2.24) is 0 Å². The van der Waals surface area contributed by atoms with Gasteiger partial charge in [-0.3, -0.25) is 0 Å². The van der Waals surface area contributed by atoms with E-state index in [1.165, 1.54) is 36.8 Å². The molecule has 110 valence electrons. The molecule has 0 saturated carbocycles. The Morgan fingerprint density at radius 2 is 1.81 bits per heavy atom. The molecule has 0 fully saturated rings. The number of hydrogen-bond donors (Lipinski definition) is 1. The third-order valence-corrected chi connectivity index (χ3v) is 4.48. The molecule has 2 aromatic carbocycles. The van der Waals surface area contributed by atoms with Gasteiger partial charge in [-0.15, -0.1) is 0 Å². The standard InChI is InChI=1S/C18H20BrNO/c19-16-6-8-18(15(11-16)9-10-20)21-17-7-5-13-3-1-2-4-14(13)12-17/h5-8,11-12H,1-4,9-10,20H2. The molecule has 1 aliphatic carbocycles. The van der Waals surface area contributed by atoms with Gasteiger partial charge in [0.15, 0.2) is 0 Å². The number of benzene rings is 2. The first-order chi connectivity index (χ1) is 10.3. The van der Waals surface area contributed by atoms with Gasteiger partial charge in [0.25, 0.3) is 0 Å². The molecule has 0 saturated heterocycles. The summed E-state index contributed by atoms with van der Waals surface area (Å²) < 4.78 is 7.17. The molecule has 2 nitrogen and oxygen atoms in total. The van der Waals surface area contributed by atoms with Crippen LogP contribution in [-0.4, -0.2) is 6.54 Å². The first-order valence-corrected chi connectivity index (χ1v) is 8.34. The highest BCUT2D eigenvalue weighted by molar-refractivity contribution is 9.10. The lowest BCUT2D eigenvalue weighted by atomic mass is 9.92. The first-order valence-electron chi connectivity index (χ1n) is 7.54.